The highest BCUT2D eigenvalue weighted by molar-refractivity contribution is 5.96. The number of carbonyl (C=O) groups excluding carboxylic acids is 3. The van der Waals surface area contributed by atoms with Gasteiger partial charge in [-0.25, -0.2) is 14.4 Å². The molecule has 0 radical (unpaired) electrons. The maximum Gasteiger partial charge on any atom is 0.513 e. The van der Waals surface area contributed by atoms with E-state index in [9.17, 15) is 14.4 Å². The number of esters is 2. The molecule has 3 atom stereocenters. The van der Waals surface area contributed by atoms with Gasteiger partial charge in [0.05, 0.1) is 18.8 Å². The zero-order valence-electron chi connectivity index (χ0n) is 22.7. The van der Waals surface area contributed by atoms with Crippen molar-refractivity contribution in [3.05, 3.63) is 54.1 Å². The monoisotopic (exact) mass is 526 g/mol. The molecule has 1 aliphatic carbocycles. The first kappa shape index (κ1) is 29.2. The van der Waals surface area contributed by atoms with E-state index in [0.29, 0.717) is 34.6 Å². The van der Waals surface area contributed by atoms with Gasteiger partial charge in [-0.3, -0.25) is 0 Å². The predicted molar refractivity (Wildman–Crippen MR) is 143 cm³/mol. The largest absolute Gasteiger partial charge is 0.513 e. The number of hydrogen-bond acceptors (Lipinski definition) is 8. The molecule has 3 rings (SSSR count). The molecule has 1 saturated carbocycles. The predicted octanol–water partition coefficient (Wildman–Crippen LogP) is 6.11. The molecule has 206 valence electrons. The van der Waals surface area contributed by atoms with Crippen LogP contribution in [0.5, 0.6) is 5.75 Å². The summed E-state index contributed by atoms with van der Waals surface area (Å²) in [4.78, 5) is 36.2. The summed E-state index contributed by atoms with van der Waals surface area (Å²) in [7, 11) is 0. The fourth-order valence-electron chi connectivity index (χ4n) is 4.60. The number of rotatable bonds is 11. The molecule has 8 heteroatoms. The van der Waals surface area contributed by atoms with E-state index in [2.05, 4.69) is 27.4 Å². The molecule has 8 nitrogen and oxygen atoms in total. The van der Waals surface area contributed by atoms with Gasteiger partial charge in [0.2, 0.25) is 0 Å². The van der Waals surface area contributed by atoms with Crippen LogP contribution in [-0.4, -0.2) is 50.6 Å². The quantitative estimate of drug-likeness (QED) is 0.114. The van der Waals surface area contributed by atoms with Crippen LogP contribution in [0.2, 0.25) is 0 Å². The molecule has 38 heavy (non-hydrogen) atoms. The molecule has 0 aliphatic heterocycles. The van der Waals surface area contributed by atoms with Crippen LogP contribution in [0.3, 0.4) is 0 Å². The molecule has 2 aromatic rings. The van der Waals surface area contributed by atoms with E-state index in [-0.39, 0.29) is 38.5 Å². The Bertz CT molecular complexity index is 1140. The van der Waals surface area contributed by atoms with Crippen molar-refractivity contribution in [2.24, 2.45) is 17.8 Å². The first-order chi connectivity index (χ1) is 18.1. The van der Waals surface area contributed by atoms with Gasteiger partial charge in [-0.05, 0) is 72.6 Å². The lowest BCUT2D eigenvalue weighted by molar-refractivity contribution is -0.140. The Kier molecular flexibility index (Phi) is 10.7. The van der Waals surface area contributed by atoms with Crippen molar-refractivity contribution in [2.75, 3.05) is 26.4 Å². The van der Waals surface area contributed by atoms with Gasteiger partial charge in [-0.2, -0.15) is 0 Å². The third-order valence-electron chi connectivity index (χ3n) is 6.73. The van der Waals surface area contributed by atoms with Crippen molar-refractivity contribution in [2.45, 2.75) is 53.1 Å². The third kappa shape index (κ3) is 8.58. The zero-order chi connectivity index (χ0) is 27.7. The molecule has 2 aromatic carbocycles. The minimum absolute atomic E-state index is 0.0102. The molecule has 0 bridgehead atoms. The second-order valence-electron chi connectivity index (χ2n) is 10.2. The molecule has 0 amide bonds. The van der Waals surface area contributed by atoms with E-state index in [0.717, 1.165) is 23.6 Å². The fraction of sp³-hybridized carbons (Fsp3) is 0.500. The molecule has 0 spiro atoms. The van der Waals surface area contributed by atoms with Crippen molar-refractivity contribution in [1.82, 2.24) is 0 Å². The van der Waals surface area contributed by atoms with Gasteiger partial charge in [0.25, 0.3) is 0 Å². The van der Waals surface area contributed by atoms with Crippen LogP contribution in [0.25, 0.3) is 10.8 Å². The lowest BCUT2D eigenvalue weighted by Crippen LogP contribution is -2.35. The summed E-state index contributed by atoms with van der Waals surface area (Å²) in [6, 6.07) is 10.5. The standard InChI is InChI=1S/C30H38O8/c1-19(2)26-11-6-21(5)16-27(26)38-29(32)24-8-7-23-18-25(10-9-22(23)17-24)37-30(33)36-15-13-34-12-14-35-28(31)20(3)4/h7-10,17-19,21,26-27H,3,6,11-16H2,1-2,4-5H3. The average Bonchev–Trinajstić information content (AvgIpc) is 2.87. The number of benzene rings is 2. The lowest BCUT2D eigenvalue weighted by Gasteiger charge is -2.36. The summed E-state index contributed by atoms with van der Waals surface area (Å²) in [5.41, 5.74) is 0.817. The Morgan fingerprint density at radius 3 is 2.34 bits per heavy atom. The van der Waals surface area contributed by atoms with Crippen LogP contribution in [0.1, 0.15) is 57.3 Å². The molecule has 1 aliphatic rings. The maximum atomic E-state index is 12.9. The van der Waals surface area contributed by atoms with E-state index in [1.54, 1.807) is 37.3 Å². The summed E-state index contributed by atoms with van der Waals surface area (Å²) < 4.78 is 26.4. The average molecular weight is 527 g/mol. The van der Waals surface area contributed by atoms with Gasteiger partial charge in [0.1, 0.15) is 25.1 Å². The Morgan fingerprint density at radius 1 is 0.947 bits per heavy atom. The van der Waals surface area contributed by atoms with Crippen LogP contribution < -0.4 is 4.74 Å². The Hall–Kier alpha value is -3.39. The van der Waals surface area contributed by atoms with Gasteiger partial charge in [0, 0.05) is 5.57 Å². The summed E-state index contributed by atoms with van der Waals surface area (Å²) in [6.45, 7) is 12.0. The number of fused-ring (bicyclic) bond motifs is 1. The first-order valence-corrected chi connectivity index (χ1v) is 13.1. The van der Waals surface area contributed by atoms with Gasteiger partial charge in [-0.1, -0.05) is 45.9 Å². The highest BCUT2D eigenvalue weighted by atomic mass is 16.7. The fourth-order valence-corrected chi connectivity index (χ4v) is 4.60. The molecule has 0 aromatic heterocycles. The molecule has 1 fully saturated rings. The van der Waals surface area contributed by atoms with Gasteiger partial charge >= 0.3 is 18.1 Å². The highest BCUT2D eigenvalue weighted by Crippen LogP contribution is 2.36. The smallest absolute Gasteiger partial charge is 0.460 e. The van der Waals surface area contributed by atoms with E-state index >= 15 is 0 Å². The summed E-state index contributed by atoms with van der Waals surface area (Å²) in [5, 5.41) is 1.64. The molecule has 0 saturated heterocycles. The van der Waals surface area contributed by atoms with E-state index in [1.165, 1.54) is 6.42 Å². The van der Waals surface area contributed by atoms with Crippen LogP contribution in [0.15, 0.2) is 48.6 Å². The number of hydrogen-bond donors (Lipinski definition) is 0. The van der Waals surface area contributed by atoms with Crippen LogP contribution in [-0.2, 0) is 23.7 Å². The van der Waals surface area contributed by atoms with Crippen molar-refractivity contribution >= 4 is 28.9 Å². The summed E-state index contributed by atoms with van der Waals surface area (Å²) >= 11 is 0. The van der Waals surface area contributed by atoms with Crippen LogP contribution in [0, 0.1) is 17.8 Å². The van der Waals surface area contributed by atoms with Crippen LogP contribution in [0.4, 0.5) is 4.79 Å². The summed E-state index contributed by atoms with van der Waals surface area (Å²) in [5.74, 6) is 0.934. The first-order valence-electron chi connectivity index (χ1n) is 13.1. The molecule has 0 N–H and O–H groups in total. The van der Waals surface area contributed by atoms with Crippen molar-refractivity contribution in [1.29, 1.82) is 0 Å². The van der Waals surface area contributed by atoms with Gasteiger partial charge in [-0.15, -0.1) is 0 Å². The Morgan fingerprint density at radius 2 is 1.63 bits per heavy atom. The van der Waals surface area contributed by atoms with E-state index in [4.69, 9.17) is 23.7 Å². The topological polar surface area (TPSA) is 97.4 Å². The molecule has 0 heterocycles. The normalized spacial score (nSPS) is 19.1. The third-order valence-corrected chi connectivity index (χ3v) is 6.73. The SMILES string of the molecule is C=C(C)C(=O)OCCOCCOC(=O)Oc1ccc2cc(C(=O)OC3CC(C)CCC3C(C)C)ccc2c1. The minimum Gasteiger partial charge on any atom is -0.460 e. The van der Waals surface area contributed by atoms with Crippen molar-refractivity contribution < 1.29 is 38.1 Å². The lowest BCUT2D eigenvalue weighted by atomic mass is 9.75. The minimum atomic E-state index is -0.858. The van der Waals surface area contributed by atoms with Crippen molar-refractivity contribution in [3.8, 4) is 5.75 Å². The number of carbonyl (C=O) groups is 3. The number of ether oxygens (including phenoxy) is 5. The molecular formula is C30H38O8. The molecule has 3 unspecified atom stereocenters. The Labute approximate surface area is 224 Å². The van der Waals surface area contributed by atoms with Gasteiger partial charge < -0.3 is 23.7 Å². The Balaban J connectivity index is 1.47. The second-order valence-corrected chi connectivity index (χ2v) is 10.2. The summed E-state index contributed by atoms with van der Waals surface area (Å²) in [6.07, 6.45) is 2.24. The maximum absolute atomic E-state index is 12.9. The van der Waals surface area contributed by atoms with Crippen molar-refractivity contribution in [3.63, 3.8) is 0 Å². The zero-order valence-corrected chi connectivity index (χ0v) is 22.7. The van der Waals surface area contributed by atoms with Crippen LogP contribution >= 0.6 is 0 Å². The van der Waals surface area contributed by atoms with E-state index < -0.39 is 12.1 Å². The second kappa shape index (κ2) is 14.0. The highest BCUT2D eigenvalue weighted by Gasteiger charge is 2.33. The van der Waals surface area contributed by atoms with Gasteiger partial charge in [0.15, 0.2) is 0 Å². The van der Waals surface area contributed by atoms with E-state index in [1.807, 2.05) is 6.07 Å². The molecular weight excluding hydrogens is 488 g/mol.